The first-order chi connectivity index (χ1) is 8.97. The van der Waals surface area contributed by atoms with Gasteiger partial charge in [-0.1, -0.05) is 13.0 Å². The van der Waals surface area contributed by atoms with E-state index in [0.29, 0.717) is 17.9 Å². The number of aliphatic carboxylic acids is 1. The standard InChI is InChI=1S/C14H21NO4/c1-9(7-14(16)17)6-11(15)10-4-5-12(18-2)13(8-10)19-3/h4-5,8-9,11H,6-7,15H2,1-3H3,(H,16,17). The molecule has 0 radical (unpaired) electrons. The summed E-state index contributed by atoms with van der Waals surface area (Å²) in [5.74, 6) is 0.506. The van der Waals surface area contributed by atoms with Gasteiger partial charge in [0.1, 0.15) is 0 Å². The summed E-state index contributed by atoms with van der Waals surface area (Å²) in [7, 11) is 3.15. The Bertz CT molecular complexity index is 433. The van der Waals surface area contributed by atoms with E-state index in [1.165, 1.54) is 0 Å². The molecule has 0 saturated heterocycles. The van der Waals surface area contributed by atoms with E-state index in [0.717, 1.165) is 5.56 Å². The molecular formula is C14H21NO4. The third kappa shape index (κ3) is 4.44. The van der Waals surface area contributed by atoms with Crippen molar-refractivity contribution in [2.24, 2.45) is 11.7 Å². The highest BCUT2D eigenvalue weighted by Crippen LogP contribution is 2.31. The monoisotopic (exact) mass is 267 g/mol. The first-order valence-electron chi connectivity index (χ1n) is 6.17. The number of carbonyl (C=O) groups is 1. The van der Waals surface area contributed by atoms with Crippen LogP contribution in [0.4, 0.5) is 0 Å². The molecular weight excluding hydrogens is 246 g/mol. The quantitative estimate of drug-likeness (QED) is 0.791. The molecule has 1 aromatic rings. The van der Waals surface area contributed by atoms with E-state index in [1.807, 2.05) is 19.1 Å². The fraction of sp³-hybridized carbons (Fsp3) is 0.500. The predicted octanol–water partition coefficient (Wildman–Crippen LogP) is 2.20. The maximum absolute atomic E-state index is 10.6. The van der Waals surface area contributed by atoms with Crippen LogP contribution in [0.15, 0.2) is 18.2 Å². The summed E-state index contributed by atoms with van der Waals surface area (Å²) in [6.07, 6.45) is 0.739. The summed E-state index contributed by atoms with van der Waals surface area (Å²) < 4.78 is 10.4. The molecule has 5 nitrogen and oxygen atoms in total. The average molecular weight is 267 g/mol. The van der Waals surface area contributed by atoms with Gasteiger partial charge in [0.25, 0.3) is 0 Å². The lowest BCUT2D eigenvalue weighted by molar-refractivity contribution is -0.138. The first kappa shape index (κ1) is 15.3. The lowest BCUT2D eigenvalue weighted by atomic mass is 9.94. The summed E-state index contributed by atoms with van der Waals surface area (Å²) in [5.41, 5.74) is 7.01. The third-order valence-corrected chi connectivity index (χ3v) is 3.02. The van der Waals surface area contributed by atoms with Crippen molar-refractivity contribution in [3.8, 4) is 11.5 Å². The number of hydrogen-bond donors (Lipinski definition) is 2. The van der Waals surface area contributed by atoms with E-state index in [1.54, 1.807) is 20.3 Å². The maximum atomic E-state index is 10.6. The highest BCUT2D eigenvalue weighted by molar-refractivity contribution is 5.66. The van der Waals surface area contributed by atoms with E-state index < -0.39 is 5.97 Å². The van der Waals surface area contributed by atoms with Gasteiger partial charge in [-0.3, -0.25) is 4.79 Å². The van der Waals surface area contributed by atoms with Gasteiger partial charge in [0.2, 0.25) is 0 Å². The van der Waals surface area contributed by atoms with E-state index in [2.05, 4.69) is 0 Å². The Balaban J connectivity index is 2.76. The number of rotatable bonds is 7. The molecule has 0 fully saturated rings. The van der Waals surface area contributed by atoms with Gasteiger partial charge in [-0.2, -0.15) is 0 Å². The molecule has 1 aromatic carbocycles. The molecule has 106 valence electrons. The zero-order valence-electron chi connectivity index (χ0n) is 11.6. The molecule has 0 aliphatic rings. The Morgan fingerprint density at radius 3 is 2.47 bits per heavy atom. The zero-order valence-corrected chi connectivity index (χ0v) is 11.6. The highest BCUT2D eigenvalue weighted by atomic mass is 16.5. The Kier molecular flexibility index (Phi) is 5.63. The van der Waals surface area contributed by atoms with Gasteiger partial charge >= 0.3 is 5.97 Å². The Labute approximate surface area is 113 Å². The van der Waals surface area contributed by atoms with Crippen LogP contribution in [0, 0.1) is 5.92 Å². The normalized spacial score (nSPS) is 13.7. The number of benzene rings is 1. The van der Waals surface area contributed by atoms with Crippen LogP contribution in [0.3, 0.4) is 0 Å². The molecule has 19 heavy (non-hydrogen) atoms. The Morgan fingerprint density at radius 1 is 1.32 bits per heavy atom. The first-order valence-corrected chi connectivity index (χ1v) is 6.17. The molecule has 0 heterocycles. The summed E-state index contributed by atoms with van der Waals surface area (Å²) >= 11 is 0. The van der Waals surface area contributed by atoms with Crippen LogP contribution >= 0.6 is 0 Å². The van der Waals surface area contributed by atoms with Crippen molar-refractivity contribution in [1.82, 2.24) is 0 Å². The van der Waals surface area contributed by atoms with Crippen molar-refractivity contribution in [1.29, 1.82) is 0 Å². The van der Waals surface area contributed by atoms with Crippen LogP contribution in [0.5, 0.6) is 11.5 Å². The SMILES string of the molecule is COc1ccc(C(N)CC(C)CC(=O)O)cc1OC. The van der Waals surface area contributed by atoms with Crippen molar-refractivity contribution in [2.45, 2.75) is 25.8 Å². The van der Waals surface area contributed by atoms with Gasteiger partial charge in [-0.05, 0) is 30.0 Å². The van der Waals surface area contributed by atoms with E-state index in [-0.39, 0.29) is 18.4 Å². The largest absolute Gasteiger partial charge is 0.493 e. The summed E-state index contributed by atoms with van der Waals surface area (Å²) in [5, 5.41) is 8.74. The lowest BCUT2D eigenvalue weighted by Crippen LogP contribution is -2.16. The van der Waals surface area contributed by atoms with Gasteiger partial charge in [0, 0.05) is 12.5 Å². The minimum atomic E-state index is -0.799. The molecule has 3 N–H and O–H groups in total. The van der Waals surface area contributed by atoms with Crippen LogP contribution in [-0.4, -0.2) is 25.3 Å². The molecule has 2 unspecified atom stereocenters. The number of methoxy groups -OCH3 is 2. The molecule has 0 amide bonds. The van der Waals surface area contributed by atoms with Crippen LogP contribution in [0.2, 0.25) is 0 Å². The second kappa shape index (κ2) is 6.99. The molecule has 0 saturated carbocycles. The molecule has 2 atom stereocenters. The molecule has 1 rings (SSSR count). The minimum Gasteiger partial charge on any atom is -0.493 e. The van der Waals surface area contributed by atoms with Gasteiger partial charge in [0.05, 0.1) is 14.2 Å². The van der Waals surface area contributed by atoms with Crippen molar-refractivity contribution < 1.29 is 19.4 Å². The lowest BCUT2D eigenvalue weighted by Gasteiger charge is -2.18. The second-order valence-electron chi connectivity index (χ2n) is 4.66. The Morgan fingerprint density at radius 2 is 1.95 bits per heavy atom. The summed E-state index contributed by atoms with van der Waals surface area (Å²) in [6.45, 7) is 1.88. The highest BCUT2D eigenvalue weighted by Gasteiger charge is 2.15. The number of ether oxygens (including phenoxy) is 2. The summed E-state index contributed by atoms with van der Waals surface area (Å²) in [6, 6.07) is 5.29. The number of carboxylic acid groups (broad SMARTS) is 1. The summed E-state index contributed by atoms with van der Waals surface area (Å²) in [4.78, 5) is 10.6. The van der Waals surface area contributed by atoms with Gasteiger partial charge in [-0.15, -0.1) is 0 Å². The van der Waals surface area contributed by atoms with Crippen molar-refractivity contribution in [3.05, 3.63) is 23.8 Å². The second-order valence-corrected chi connectivity index (χ2v) is 4.66. The molecule has 0 aromatic heterocycles. The number of hydrogen-bond acceptors (Lipinski definition) is 4. The predicted molar refractivity (Wildman–Crippen MR) is 72.5 cm³/mol. The van der Waals surface area contributed by atoms with Crippen LogP contribution in [0.1, 0.15) is 31.4 Å². The number of nitrogens with two attached hydrogens (primary N) is 1. The number of carboxylic acids is 1. The van der Waals surface area contributed by atoms with Gasteiger partial charge in [0.15, 0.2) is 11.5 Å². The molecule has 0 bridgehead atoms. The average Bonchev–Trinajstić information content (AvgIpc) is 2.36. The molecule has 0 spiro atoms. The smallest absolute Gasteiger partial charge is 0.303 e. The van der Waals surface area contributed by atoms with Gasteiger partial charge < -0.3 is 20.3 Å². The van der Waals surface area contributed by atoms with Crippen LogP contribution < -0.4 is 15.2 Å². The molecule has 0 aliphatic heterocycles. The van der Waals surface area contributed by atoms with Crippen molar-refractivity contribution in [2.75, 3.05) is 14.2 Å². The fourth-order valence-electron chi connectivity index (χ4n) is 2.03. The molecule has 0 aliphatic carbocycles. The van der Waals surface area contributed by atoms with E-state index >= 15 is 0 Å². The topological polar surface area (TPSA) is 81.8 Å². The fourth-order valence-corrected chi connectivity index (χ4v) is 2.03. The van der Waals surface area contributed by atoms with E-state index in [4.69, 9.17) is 20.3 Å². The van der Waals surface area contributed by atoms with Crippen LogP contribution in [-0.2, 0) is 4.79 Å². The van der Waals surface area contributed by atoms with Crippen molar-refractivity contribution in [3.63, 3.8) is 0 Å². The Hall–Kier alpha value is -1.75. The van der Waals surface area contributed by atoms with Crippen LogP contribution in [0.25, 0.3) is 0 Å². The van der Waals surface area contributed by atoms with Crippen molar-refractivity contribution >= 4 is 5.97 Å². The zero-order chi connectivity index (χ0) is 14.4. The van der Waals surface area contributed by atoms with Gasteiger partial charge in [-0.25, -0.2) is 0 Å². The maximum Gasteiger partial charge on any atom is 0.303 e. The third-order valence-electron chi connectivity index (χ3n) is 3.02. The minimum absolute atomic E-state index is 0.0283. The molecule has 5 heteroatoms. The van der Waals surface area contributed by atoms with E-state index in [9.17, 15) is 4.79 Å².